The number of rotatable bonds is 5. The maximum absolute atomic E-state index is 6.16. The average molecular weight is 550 g/mol. The lowest BCUT2D eigenvalue weighted by molar-refractivity contribution is 1.07. The Morgan fingerprint density at radius 1 is 0.395 bits per heavy atom. The van der Waals surface area contributed by atoms with Gasteiger partial charge in [-0.3, -0.25) is 0 Å². The highest BCUT2D eigenvalue weighted by molar-refractivity contribution is 9.10. The first-order chi connectivity index (χ1) is 18.6. The molecule has 2 radical (unpaired) electrons. The van der Waals surface area contributed by atoms with Gasteiger partial charge in [-0.1, -0.05) is 131 Å². The molecule has 0 amide bonds. The summed E-state index contributed by atoms with van der Waals surface area (Å²) >= 11 is 3.56. The Hall–Kier alpha value is -4.35. The van der Waals surface area contributed by atoms with E-state index in [0.29, 0.717) is 22.9 Å². The zero-order valence-electron chi connectivity index (χ0n) is 20.4. The van der Waals surface area contributed by atoms with Crippen LogP contribution >= 0.6 is 15.9 Å². The Bertz CT molecular complexity index is 1620. The Morgan fingerprint density at radius 3 is 1.29 bits per heavy atom. The quantitative estimate of drug-likeness (QED) is 0.206. The first-order valence-corrected chi connectivity index (χ1v) is 13.1. The van der Waals surface area contributed by atoms with Crippen LogP contribution in [0.25, 0.3) is 56.4 Å². The van der Waals surface area contributed by atoms with Crippen molar-refractivity contribution in [1.29, 1.82) is 0 Å². The van der Waals surface area contributed by atoms with Gasteiger partial charge in [-0.05, 0) is 40.5 Å². The summed E-state index contributed by atoms with van der Waals surface area (Å²) in [7, 11) is 6.16. The van der Waals surface area contributed by atoms with Crippen LogP contribution in [0, 0.1) is 0 Å². The lowest BCUT2D eigenvalue weighted by atomic mass is 9.94. The standard InChI is InChI=1S/C33H21BBrN3/c34-29-19-28(20-30(35)21-29)33-37-31(26-15-7-13-24(17-26)22-9-3-1-4-10-22)36-32(38-33)27-16-8-14-25(18-27)23-11-5-2-6-12-23/h1-21H. The maximum atomic E-state index is 6.16. The predicted molar refractivity (Wildman–Crippen MR) is 160 cm³/mol. The third-order valence-corrected chi connectivity index (χ3v) is 6.73. The van der Waals surface area contributed by atoms with Gasteiger partial charge in [0, 0.05) is 21.2 Å². The maximum Gasteiger partial charge on any atom is 0.164 e. The van der Waals surface area contributed by atoms with Crippen molar-refractivity contribution in [3.63, 3.8) is 0 Å². The molecule has 0 aliphatic carbocycles. The molecule has 1 heterocycles. The number of hydrogen-bond acceptors (Lipinski definition) is 3. The molecule has 6 aromatic rings. The molecular formula is C33H21BBrN3. The third kappa shape index (κ3) is 5.20. The topological polar surface area (TPSA) is 38.7 Å². The Balaban J connectivity index is 1.52. The molecule has 0 atom stereocenters. The van der Waals surface area contributed by atoms with Crippen LogP contribution in [0.3, 0.4) is 0 Å². The fourth-order valence-corrected chi connectivity index (χ4v) is 4.95. The van der Waals surface area contributed by atoms with Crippen molar-refractivity contribution >= 4 is 29.2 Å². The number of nitrogens with zero attached hydrogens (tertiary/aromatic N) is 3. The fraction of sp³-hybridized carbons (Fsp3) is 0. The highest BCUT2D eigenvalue weighted by atomic mass is 79.9. The minimum atomic E-state index is 0.563. The van der Waals surface area contributed by atoms with Gasteiger partial charge in [0.25, 0.3) is 0 Å². The van der Waals surface area contributed by atoms with Crippen LogP contribution in [-0.2, 0) is 0 Å². The summed E-state index contributed by atoms with van der Waals surface area (Å²) < 4.78 is 0.869. The van der Waals surface area contributed by atoms with Crippen molar-refractivity contribution in [2.45, 2.75) is 0 Å². The van der Waals surface area contributed by atoms with Crippen molar-refractivity contribution in [3.8, 4) is 56.4 Å². The van der Waals surface area contributed by atoms with Gasteiger partial charge in [0.15, 0.2) is 17.5 Å². The number of aromatic nitrogens is 3. The second kappa shape index (κ2) is 10.6. The fourth-order valence-electron chi connectivity index (χ4n) is 4.44. The Kier molecular flexibility index (Phi) is 6.68. The van der Waals surface area contributed by atoms with E-state index in [2.05, 4.69) is 64.5 Å². The van der Waals surface area contributed by atoms with Gasteiger partial charge in [0.05, 0.1) is 0 Å². The van der Waals surface area contributed by atoms with Gasteiger partial charge in [-0.25, -0.2) is 15.0 Å². The van der Waals surface area contributed by atoms with Crippen LogP contribution in [-0.4, -0.2) is 22.8 Å². The van der Waals surface area contributed by atoms with E-state index >= 15 is 0 Å². The van der Waals surface area contributed by atoms with E-state index < -0.39 is 0 Å². The summed E-state index contributed by atoms with van der Waals surface area (Å²) in [5.74, 6) is 1.77. The smallest absolute Gasteiger partial charge is 0.164 e. The van der Waals surface area contributed by atoms with Crippen molar-refractivity contribution in [1.82, 2.24) is 15.0 Å². The van der Waals surface area contributed by atoms with E-state index in [0.717, 1.165) is 43.4 Å². The van der Waals surface area contributed by atoms with Crippen LogP contribution in [0.15, 0.2) is 132 Å². The Morgan fingerprint density at radius 2 is 0.816 bits per heavy atom. The van der Waals surface area contributed by atoms with Crippen molar-refractivity contribution in [2.24, 2.45) is 0 Å². The molecule has 5 heteroatoms. The molecule has 0 aliphatic heterocycles. The molecule has 0 unspecified atom stereocenters. The van der Waals surface area contributed by atoms with E-state index in [1.807, 2.05) is 78.9 Å². The molecule has 6 rings (SSSR count). The summed E-state index contributed by atoms with van der Waals surface area (Å²) in [6.07, 6.45) is 0. The summed E-state index contributed by atoms with van der Waals surface area (Å²) in [5.41, 5.74) is 7.76. The summed E-state index contributed by atoms with van der Waals surface area (Å²) in [4.78, 5) is 14.7. The van der Waals surface area contributed by atoms with Crippen molar-refractivity contribution in [2.75, 3.05) is 0 Å². The minimum absolute atomic E-state index is 0.563. The second-order valence-corrected chi connectivity index (χ2v) is 9.89. The highest BCUT2D eigenvalue weighted by Crippen LogP contribution is 2.30. The summed E-state index contributed by atoms with van der Waals surface area (Å²) in [5, 5.41) is 0. The number of halogens is 1. The van der Waals surface area contributed by atoms with Crippen LogP contribution in [0.5, 0.6) is 0 Å². The van der Waals surface area contributed by atoms with Crippen LogP contribution in [0.2, 0.25) is 0 Å². The minimum Gasteiger partial charge on any atom is -0.208 e. The van der Waals surface area contributed by atoms with Gasteiger partial charge in [-0.15, -0.1) is 0 Å². The van der Waals surface area contributed by atoms with Crippen LogP contribution < -0.4 is 5.46 Å². The average Bonchev–Trinajstić information content (AvgIpc) is 2.97. The summed E-state index contributed by atoms with van der Waals surface area (Å²) in [6, 6.07) is 42.9. The summed E-state index contributed by atoms with van der Waals surface area (Å²) in [6.45, 7) is 0. The molecule has 0 saturated carbocycles. The second-order valence-electron chi connectivity index (χ2n) is 8.97. The predicted octanol–water partition coefficient (Wildman–Crippen LogP) is 7.76. The van der Waals surface area contributed by atoms with Gasteiger partial charge in [0.2, 0.25) is 0 Å². The molecule has 0 bridgehead atoms. The molecular weight excluding hydrogens is 529 g/mol. The van der Waals surface area contributed by atoms with E-state index in [-0.39, 0.29) is 0 Å². The van der Waals surface area contributed by atoms with Crippen LogP contribution in [0.1, 0.15) is 0 Å². The molecule has 178 valence electrons. The Labute approximate surface area is 231 Å². The van der Waals surface area contributed by atoms with E-state index in [9.17, 15) is 0 Å². The zero-order chi connectivity index (χ0) is 25.9. The van der Waals surface area contributed by atoms with E-state index in [4.69, 9.17) is 22.8 Å². The highest BCUT2D eigenvalue weighted by Gasteiger charge is 2.14. The normalized spacial score (nSPS) is 10.9. The molecule has 5 aromatic carbocycles. The van der Waals surface area contributed by atoms with E-state index in [1.54, 1.807) is 0 Å². The molecule has 38 heavy (non-hydrogen) atoms. The molecule has 1 aromatic heterocycles. The molecule has 0 aliphatic rings. The third-order valence-electron chi connectivity index (χ3n) is 6.27. The van der Waals surface area contributed by atoms with Gasteiger partial charge in [0.1, 0.15) is 7.85 Å². The lowest BCUT2D eigenvalue weighted by Crippen LogP contribution is -2.05. The lowest BCUT2D eigenvalue weighted by Gasteiger charge is -2.11. The van der Waals surface area contributed by atoms with Crippen molar-refractivity contribution < 1.29 is 0 Å². The SMILES string of the molecule is [B]c1cc(Br)cc(-c2nc(-c3cccc(-c4ccccc4)c3)nc(-c3cccc(-c4ccccc4)c3)n2)c1. The number of hydrogen-bond donors (Lipinski definition) is 0. The van der Waals surface area contributed by atoms with Gasteiger partial charge in [-0.2, -0.15) is 0 Å². The molecule has 0 N–H and O–H groups in total. The number of benzene rings is 5. The molecule has 0 saturated heterocycles. The molecule has 0 spiro atoms. The first kappa shape index (κ1) is 24.0. The zero-order valence-corrected chi connectivity index (χ0v) is 22.0. The van der Waals surface area contributed by atoms with Gasteiger partial charge >= 0.3 is 0 Å². The molecule has 0 fully saturated rings. The van der Waals surface area contributed by atoms with Crippen LogP contribution in [0.4, 0.5) is 0 Å². The molecule has 3 nitrogen and oxygen atoms in total. The largest absolute Gasteiger partial charge is 0.208 e. The van der Waals surface area contributed by atoms with E-state index in [1.165, 1.54) is 0 Å². The monoisotopic (exact) mass is 549 g/mol. The van der Waals surface area contributed by atoms with Crippen molar-refractivity contribution in [3.05, 3.63) is 132 Å². The van der Waals surface area contributed by atoms with Gasteiger partial charge < -0.3 is 0 Å². The first-order valence-electron chi connectivity index (χ1n) is 12.3.